The van der Waals surface area contributed by atoms with Crippen LogP contribution in [-0.4, -0.2) is 43.3 Å². The molecule has 1 aromatic rings. The first-order valence-electron chi connectivity index (χ1n) is 7.48. The predicted octanol–water partition coefficient (Wildman–Crippen LogP) is 2.58. The number of rotatable bonds is 3. The Balaban J connectivity index is 1.97. The number of hydrogen-bond acceptors (Lipinski definition) is 3. The molecule has 1 aliphatic rings. The number of nitrogens with zero attached hydrogens (tertiary/aromatic N) is 2. The first-order chi connectivity index (χ1) is 9.90. The van der Waals surface area contributed by atoms with Crippen LogP contribution >= 0.6 is 0 Å². The largest absolute Gasteiger partial charge is 0.367 e. The summed E-state index contributed by atoms with van der Waals surface area (Å²) in [5, 5.41) is 0. The summed E-state index contributed by atoms with van der Waals surface area (Å²) in [4.78, 5) is 27.5. The van der Waals surface area contributed by atoms with Crippen LogP contribution in [0.15, 0.2) is 24.3 Å². The van der Waals surface area contributed by atoms with Gasteiger partial charge in [-0.3, -0.25) is 9.59 Å². The van der Waals surface area contributed by atoms with E-state index in [1.807, 2.05) is 29.2 Å². The highest BCUT2D eigenvalue weighted by Gasteiger charge is 2.25. The fourth-order valence-electron chi connectivity index (χ4n) is 2.64. The molecule has 0 saturated carbocycles. The van der Waals surface area contributed by atoms with Crippen LogP contribution in [-0.2, 0) is 4.79 Å². The minimum atomic E-state index is 0.0261. The Morgan fingerprint density at radius 1 is 1.14 bits per heavy atom. The summed E-state index contributed by atoms with van der Waals surface area (Å²) in [7, 11) is 0. The maximum atomic E-state index is 12.2. The Kier molecular flexibility index (Phi) is 4.66. The number of para-hydroxylation sites is 1. The molecule has 0 N–H and O–H groups in total. The van der Waals surface area contributed by atoms with E-state index >= 15 is 0 Å². The van der Waals surface area contributed by atoms with Crippen molar-refractivity contribution in [3.05, 3.63) is 29.8 Å². The summed E-state index contributed by atoms with van der Waals surface area (Å²) in [6.45, 7) is 9.26. The summed E-state index contributed by atoms with van der Waals surface area (Å²) in [5.41, 5.74) is 1.71. The molecule has 0 bridgehead atoms. The van der Waals surface area contributed by atoms with Gasteiger partial charge in [0, 0.05) is 43.9 Å². The van der Waals surface area contributed by atoms with E-state index in [9.17, 15) is 9.59 Å². The summed E-state index contributed by atoms with van der Waals surface area (Å²) >= 11 is 0. The highest BCUT2D eigenvalue weighted by Crippen LogP contribution is 2.23. The molecule has 0 spiro atoms. The molecule has 4 nitrogen and oxygen atoms in total. The summed E-state index contributed by atoms with van der Waals surface area (Å²) in [6, 6.07) is 7.62. The van der Waals surface area contributed by atoms with Crippen LogP contribution in [0, 0.1) is 5.41 Å². The maximum absolute atomic E-state index is 12.2. The van der Waals surface area contributed by atoms with Crippen LogP contribution in [0.2, 0.25) is 0 Å². The summed E-state index contributed by atoms with van der Waals surface area (Å²) < 4.78 is 0. The average Bonchev–Trinajstić information content (AvgIpc) is 2.45. The van der Waals surface area contributed by atoms with Gasteiger partial charge < -0.3 is 9.80 Å². The van der Waals surface area contributed by atoms with E-state index < -0.39 is 0 Å². The van der Waals surface area contributed by atoms with E-state index in [1.54, 1.807) is 0 Å². The number of amides is 1. The quantitative estimate of drug-likeness (QED) is 0.803. The second-order valence-electron chi connectivity index (χ2n) is 6.78. The highest BCUT2D eigenvalue weighted by molar-refractivity contribution is 5.84. The predicted molar refractivity (Wildman–Crippen MR) is 84.7 cm³/mol. The Morgan fingerprint density at radius 3 is 2.33 bits per heavy atom. The molecule has 0 unspecified atom stereocenters. The fourth-order valence-corrected chi connectivity index (χ4v) is 2.64. The smallest absolute Gasteiger partial charge is 0.223 e. The van der Waals surface area contributed by atoms with E-state index in [0.29, 0.717) is 12.0 Å². The SMILES string of the molecule is CC(C)(C)CC(=O)N1CCN(c2ccccc2C=O)CC1. The van der Waals surface area contributed by atoms with E-state index in [0.717, 1.165) is 38.2 Å². The Hall–Kier alpha value is -1.84. The van der Waals surface area contributed by atoms with E-state index in [1.165, 1.54) is 0 Å². The third-order valence-electron chi connectivity index (χ3n) is 3.72. The molecule has 1 heterocycles. The third kappa shape index (κ3) is 4.06. The van der Waals surface area contributed by atoms with Crippen LogP contribution in [0.1, 0.15) is 37.6 Å². The zero-order chi connectivity index (χ0) is 15.5. The lowest BCUT2D eigenvalue weighted by Gasteiger charge is -2.37. The van der Waals surface area contributed by atoms with Gasteiger partial charge in [-0.1, -0.05) is 32.9 Å². The van der Waals surface area contributed by atoms with Gasteiger partial charge in [0.2, 0.25) is 5.91 Å². The zero-order valence-corrected chi connectivity index (χ0v) is 13.1. The second kappa shape index (κ2) is 6.29. The number of hydrogen-bond donors (Lipinski definition) is 0. The number of aldehydes is 1. The molecular weight excluding hydrogens is 264 g/mol. The van der Waals surface area contributed by atoms with Crippen molar-refractivity contribution in [2.75, 3.05) is 31.1 Å². The van der Waals surface area contributed by atoms with Crippen molar-refractivity contribution in [1.29, 1.82) is 0 Å². The van der Waals surface area contributed by atoms with Crippen molar-refractivity contribution < 1.29 is 9.59 Å². The second-order valence-corrected chi connectivity index (χ2v) is 6.78. The molecule has 1 saturated heterocycles. The first kappa shape index (κ1) is 15.5. The van der Waals surface area contributed by atoms with Crippen molar-refractivity contribution in [3.8, 4) is 0 Å². The van der Waals surface area contributed by atoms with E-state index in [-0.39, 0.29) is 11.3 Å². The van der Waals surface area contributed by atoms with Crippen molar-refractivity contribution >= 4 is 17.9 Å². The van der Waals surface area contributed by atoms with Gasteiger partial charge in [-0.2, -0.15) is 0 Å². The van der Waals surface area contributed by atoms with Crippen molar-refractivity contribution in [2.24, 2.45) is 5.41 Å². The molecule has 21 heavy (non-hydrogen) atoms. The minimum Gasteiger partial charge on any atom is -0.367 e. The molecule has 1 aliphatic heterocycles. The maximum Gasteiger partial charge on any atom is 0.223 e. The van der Waals surface area contributed by atoms with E-state index in [4.69, 9.17) is 0 Å². The Labute approximate surface area is 126 Å². The van der Waals surface area contributed by atoms with Gasteiger partial charge in [-0.25, -0.2) is 0 Å². The lowest BCUT2D eigenvalue weighted by atomic mass is 9.91. The highest BCUT2D eigenvalue weighted by atomic mass is 16.2. The van der Waals surface area contributed by atoms with E-state index in [2.05, 4.69) is 25.7 Å². The molecule has 0 radical (unpaired) electrons. The lowest BCUT2D eigenvalue weighted by Crippen LogP contribution is -2.49. The zero-order valence-electron chi connectivity index (χ0n) is 13.1. The Bertz CT molecular complexity index is 512. The Morgan fingerprint density at radius 2 is 1.76 bits per heavy atom. The first-order valence-corrected chi connectivity index (χ1v) is 7.48. The van der Waals surface area contributed by atoms with Crippen molar-refractivity contribution in [2.45, 2.75) is 27.2 Å². The number of piperazine rings is 1. The van der Waals surface area contributed by atoms with Crippen LogP contribution < -0.4 is 4.90 Å². The molecule has 0 aromatic heterocycles. The molecule has 4 heteroatoms. The van der Waals surface area contributed by atoms with Gasteiger partial charge in [0.1, 0.15) is 0 Å². The van der Waals surface area contributed by atoms with Gasteiger partial charge in [-0.05, 0) is 17.5 Å². The van der Waals surface area contributed by atoms with Crippen molar-refractivity contribution in [3.63, 3.8) is 0 Å². The van der Waals surface area contributed by atoms with Crippen LogP contribution in [0.5, 0.6) is 0 Å². The van der Waals surface area contributed by atoms with Gasteiger partial charge in [0.15, 0.2) is 6.29 Å². The molecule has 0 atom stereocenters. The topological polar surface area (TPSA) is 40.6 Å². The number of carbonyl (C=O) groups excluding carboxylic acids is 2. The van der Waals surface area contributed by atoms with Crippen molar-refractivity contribution in [1.82, 2.24) is 4.90 Å². The van der Waals surface area contributed by atoms with Gasteiger partial charge >= 0.3 is 0 Å². The fraction of sp³-hybridized carbons (Fsp3) is 0.529. The van der Waals surface area contributed by atoms with Crippen LogP contribution in [0.25, 0.3) is 0 Å². The van der Waals surface area contributed by atoms with Crippen LogP contribution in [0.3, 0.4) is 0 Å². The molecule has 114 valence electrons. The molecule has 2 rings (SSSR count). The van der Waals surface area contributed by atoms with Gasteiger partial charge in [0.25, 0.3) is 0 Å². The van der Waals surface area contributed by atoms with Gasteiger partial charge in [0.05, 0.1) is 0 Å². The van der Waals surface area contributed by atoms with Gasteiger partial charge in [-0.15, -0.1) is 0 Å². The molecule has 0 aliphatic carbocycles. The molecule has 1 fully saturated rings. The molecule has 1 aromatic carbocycles. The standard InChI is InChI=1S/C17H24N2O2/c1-17(2,3)12-16(21)19-10-8-18(9-11-19)15-7-5-4-6-14(15)13-20/h4-7,13H,8-12H2,1-3H3. The third-order valence-corrected chi connectivity index (χ3v) is 3.72. The average molecular weight is 288 g/mol. The van der Waals surface area contributed by atoms with Crippen LogP contribution in [0.4, 0.5) is 5.69 Å². The molecular formula is C17H24N2O2. The monoisotopic (exact) mass is 288 g/mol. The number of carbonyl (C=O) groups is 2. The lowest BCUT2D eigenvalue weighted by molar-refractivity contribution is -0.133. The number of anilines is 1. The summed E-state index contributed by atoms with van der Waals surface area (Å²) in [6.07, 6.45) is 1.48. The minimum absolute atomic E-state index is 0.0261. The molecule has 1 amide bonds. The summed E-state index contributed by atoms with van der Waals surface area (Å²) in [5.74, 6) is 0.228. The number of benzene rings is 1. The normalized spacial score (nSPS) is 16.0.